The summed E-state index contributed by atoms with van der Waals surface area (Å²) in [6, 6.07) is 7.37. The van der Waals surface area contributed by atoms with Crippen molar-refractivity contribution in [2.45, 2.75) is 20.4 Å². The van der Waals surface area contributed by atoms with Gasteiger partial charge in [-0.05, 0) is 49.1 Å². The van der Waals surface area contributed by atoms with Crippen LogP contribution < -0.4 is 0 Å². The van der Waals surface area contributed by atoms with Crippen LogP contribution in [0.2, 0.25) is 0 Å². The van der Waals surface area contributed by atoms with Gasteiger partial charge in [-0.2, -0.15) is 0 Å². The second-order valence-corrected chi connectivity index (χ2v) is 7.17. The molecule has 0 aliphatic carbocycles. The van der Waals surface area contributed by atoms with E-state index in [0.717, 1.165) is 0 Å². The standard InChI is InChI=1S/C19H17N3O3S/c1-11-6-8-26-16(11)10-22(3)19(23)13-9-14(15-5-4-7-24-15)20-18-17(13)12(2)21-25-18/h4-9H,10H2,1-3H3. The van der Waals surface area contributed by atoms with E-state index in [4.69, 9.17) is 8.94 Å². The van der Waals surface area contributed by atoms with Crippen LogP contribution in [0.4, 0.5) is 0 Å². The number of nitrogens with zero attached hydrogens (tertiary/aromatic N) is 3. The van der Waals surface area contributed by atoms with Crippen LogP contribution in [-0.4, -0.2) is 28.0 Å². The predicted octanol–water partition coefficient (Wildman–Crippen LogP) is 4.43. The van der Waals surface area contributed by atoms with Crippen molar-refractivity contribution in [1.82, 2.24) is 15.0 Å². The van der Waals surface area contributed by atoms with Crippen LogP contribution in [0.5, 0.6) is 0 Å². The molecule has 0 unspecified atom stereocenters. The van der Waals surface area contributed by atoms with Gasteiger partial charge in [0, 0.05) is 11.9 Å². The molecule has 0 radical (unpaired) electrons. The fourth-order valence-corrected chi connectivity index (χ4v) is 3.83. The van der Waals surface area contributed by atoms with Crippen LogP contribution in [-0.2, 0) is 6.54 Å². The number of thiophene rings is 1. The number of carbonyl (C=O) groups is 1. The number of hydrogen-bond donors (Lipinski definition) is 0. The molecule has 0 atom stereocenters. The van der Waals surface area contributed by atoms with E-state index in [1.54, 1.807) is 54.7 Å². The molecule has 0 aliphatic heterocycles. The molecule has 26 heavy (non-hydrogen) atoms. The number of aromatic nitrogens is 2. The monoisotopic (exact) mass is 367 g/mol. The summed E-state index contributed by atoms with van der Waals surface area (Å²) in [7, 11) is 1.79. The van der Waals surface area contributed by atoms with Crippen molar-refractivity contribution in [3.63, 3.8) is 0 Å². The lowest BCUT2D eigenvalue weighted by atomic mass is 10.1. The zero-order valence-corrected chi connectivity index (χ0v) is 15.5. The van der Waals surface area contributed by atoms with Gasteiger partial charge in [-0.1, -0.05) is 5.16 Å². The van der Waals surface area contributed by atoms with Gasteiger partial charge in [0.25, 0.3) is 11.6 Å². The van der Waals surface area contributed by atoms with Crippen molar-refractivity contribution in [1.29, 1.82) is 0 Å². The third kappa shape index (κ3) is 2.80. The first-order chi connectivity index (χ1) is 12.5. The Hall–Kier alpha value is -2.93. The van der Waals surface area contributed by atoms with Crippen LogP contribution in [0.25, 0.3) is 22.6 Å². The molecule has 4 aromatic heterocycles. The maximum absolute atomic E-state index is 13.2. The summed E-state index contributed by atoms with van der Waals surface area (Å²) >= 11 is 1.65. The van der Waals surface area contributed by atoms with E-state index in [0.29, 0.717) is 40.4 Å². The number of carbonyl (C=O) groups excluding carboxylic acids is 1. The van der Waals surface area contributed by atoms with Gasteiger partial charge in [0.05, 0.1) is 29.5 Å². The number of hydrogen-bond acceptors (Lipinski definition) is 6. The Morgan fingerprint density at radius 2 is 2.15 bits per heavy atom. The number of amides is 1. The lowest BCUT2D eigenvalue weighted by Crippen LogP contribution is -2.26. The molecule has 4 aromatic rings. The van der Waals surface area contributed by atoms with Crippen LogP contribution in [0.1, 0.15) is 26.5 Å². The molecule has 1 amide bonds. The minimum Gasteiger partial charge on any atom is -0.463 e. The summed E-state index contributed by atoms with van der Waals surface area (Å²) in [5, 5.41) is 6.65. The first kappa shape index (κ1) is 16.5. The Labute approximate surface area is 154 Å². The molecule has 0 aliphatic rings. The van der Waals surface area contributed by atoms with Crippen LogP contribution in [0, 0.1) is 13.8 Å². The molecule has 4 heterocycles. The molecule has 6 nitrogen and oxygen atoms in total. The van der Waals surface area contributed by atoms with Crippen molar-refractivity contribution < 1.29 is 13.7 Å². The van der Waals surface area contributed by atoms with Gasteiger partial charge in [0.2, 0.25) is 0 Å². The van der Waals surface area contributed by atoms with Gasteiger partial charge >= 0.3 is 0 Å². The van der Waals surface area contributed by atoms with Crippen LogP contribution in [0.15, 0.2) is 44.8 Å². The van der Waals surface area contributed by atoms with Gasteiger partial charge in [0.15, 0.2) is 5.76 Å². The van der Waals surface area contributed by atoms with Gasteiger partial charge in [-0.3, -0.25) is 4.79 Å². The Bertz CT molecular complexity index is 1080. The highest BCUT2D eigenvalue weighted by Gasteiger charge is 2.23. The number of furan rings is 1. The van der Waals surface area contributed by atoms with Gasteiger partial charge in [-0.25, -0.2) is 4.98 Å². The SMILES string of the molecule is Cc1ccsc1CN(C)C(=O)c1cc(-c2ccco2)nc2onc(C)c12. The summed E-state index contributed by atoms with van der Waals surface area (Å²) < 4.78 is 10.7. The molecule has 132 valence electrons. The van der Waals surface area contributed by atoms with Crippen LogP contribution >= 0.6 is 11.3 Å². The first-order valence-electron chi connectivity index (χ1n) is 8.14. The number of pyridine rings is 1. The Kier molecular flexibility index (Phi) is 4.08. The first-order valence-corrected chi connectivity index (χ1v) is 9.02. The fraction of sp³-hybridized carbons (Fsp3) is 0.211. The normalized spacial score (nSPS) is 11.2. The largest absolute Gasteiger partial charge is 0.463 e. The van der Waals surface area contributed by atoms with Crippen molar-refractivity contribution >= 4 is 28.3 Å². The van der Waals surface area contributed by atoms with E-state index in [1.807, 2.05) is 12.3 Å². The van der Waals surface area contributed by atoms with E-state index in [2.05, 4.69) is 16.2 Å². The van der Waals surface area contributed by atoms with Crippen molar-refractivity contribution in [2.75, 3.05) is 7.05 Å². The van der Waals surface area contributed by atoms with Crippen molar-refractivity contribution in [3.05, 3.63) is 57.6 Å². The average Bonchev–Trinajstić information content (AvgIpc) is 3.37. The summed E-state index contributed by atoms with van der Waals surface area (Å²) in [6.45, 7) is 4.40. The Balaban J connectivity index is 1.77. The van der Waals surface area contributed by atoms with Crippen LogP contribution in [0.3, 0.4) is 0 Å². The molecule has 0 fully saturated rings. The van der Waals surface area contributed by atoms with Gasteiger partial charge in [0.1, 0.15) is 5.69 Å². The summed E-state index contributed by atoms with van der Waals surface area (Å²) in [5.74, 6) is 0.469. The minimum atomic E-state index is -0.107. The summed E-state index contributed by atoms with van der Waals surface area (Å²) in [6.07, 6.45) is 1.57. The molecular weight excluding hydrogens is 350 g/mol. The zero-order chi connectivity index (χ0) is 18.3. The third-order valence-corrected chi connectivity index (χ3v) is 5.32. The van der Waals surface area contributed by atoms with E-state index in [-0.39, 0.29) is 5.91 Å². The van der Waals surface area contributed by atoms with E-state index < -0.39 is 0 Å². The Morgan fingerprint density at radius 3 is 2.85 bits per heavy atom. The van der Waals surface area contributed by atoms with Crippen molar-refractivity contribution in [2.24, 2.45) is 0 Å². The average molecular weight is 367 g/mol. The number of rotatable bonds is 4. The highest BCUT2D eigenvalue weighted by Crippen LogP contribution is 2.28. The van der Waals surface area contributed by atoms with E-state index in [9.17, 15) is 4.79 Å². The molecule has 0 aromatic carbocycles. The number of aryl methyl sites for hydroxylation is 2. The zero-order valence-electron chi connectivity index (χ0n) is 14.6. The smallest absolute Gasteiger partial charge is 0.259 e. The molecule has 7 heteroatoms. The molecule has 0 saturated heterocycles. The Morgan fingerprint density at radius 1 is 1.31 bits per heavy atom. The topological polar surface area (TPSA) is 72.4 Å². The van der Waals surface area contributed by atoms with E-state index in [1.165, 1.54) is 10.4 Å². The molecule has 0 saturated carbocycles. The predicted molar refractivity (Wildman–Crippen MR) is 99.1 cm³/mol. The molecular formula is C19H17N3O3S. The maximum atomic E-state index is 13.2. The second kappa shape index (κ2) is 6.42. The highest BCUT2D eigenvalue weighted by molar-refractivity contribution is 7.10. The minimum absolute atomic E-state index is 0.107. The molecule has 4 rings (SSSR count). The van der Waals surface area contributed by atoms with Crippen molar-refractivity contribution in [3.8, 4) is 11.5 Å². The maximum Gasteiger partial charge on any atom is 0.259 e. The molecule has 0 bridgehead atoms. The fourth-order valence-electron chi connectivity index (χ4n) is 2.87. The lowest BCUT2D eigenvalue weighted by Gasteiger charge is -2.17. The number of fused-ring (bicyclic) bond motifs is 1. The quantitative estimate of drug-likeness (QED) is 0.533. The summed E-state index contributed by atoms with van der Waals surface area (Å²) in [4.78, 5) is 20.5. The second-order valence-electron chi connectivity index (χ2n) is 6.17. The van der Waals surface area contributed by atoms with Gasteiger partial charge < -0.3 is 13.8 Å². The van der Waals surface area contributed by atoms with E-state index >= 15 is 0 Å². The molecule has 0 spiro atoms. The van der Waals surface area contributed by atoms with Gasteiger partial charge in [-0.15, -0.1) is 11.3 Å². The highest BCUT2D eigenvalue weighted by atomic mass is 32.1. The summed E-state index contributed by atoms with van der Waals surface area (Å²) in [5.41, 5.74) is 3.22. The lowest BCUT2D eigenvalue weighted by molar-refractivity contribution is 0.0788. The third-order valence-electron chi connectivity index (χ3n) is 4.32. The molecule has 0 N–H and O–H groups in total.